The van der Waals surface area contributed by atoms with Crippen LogP contribution in [-0.2, 0) is 6.54 Å². The fraction of sp³-hybridized carbons (Fsp3) is 0.500. The molecule has 98 valence electrons. The quantitative estimate of drug-likeness (QED) is 0.829. The van der Waals surface area contributed by atoms with E-state index in [1.54, 1.807) is 0 Å². The number of amides is 1. The van der Waals surface area contributed by atoms with E-state index in [1.807, 2.05) is 29.2 Å². The first-order valence-corrected chi connectivity index (χ1v) is 6.61. The summed E-state index contributed by atoms with van der Waals surface area (Å²) in [5, 5.41) is 6.52. The topological polar surface area (TPSA) is 44.4 Å². The van der Waals surface area contributed by atoms with Gasteiger partial charge in [0.15, 0.2) is 0 Å². The lowest BCUT2D eigenvalue weighted by Crippen LogP contribution is -2.46. The number of nitrogens with one attached hydrogen (secondary N) is 2. The van der Waals surface area contributed by atoms with Gasteiger partial charge in [0.05, 0.1) is 0 Å². The van der Waals surface area contributed by atoms with Crippen LogP contribution in [0, 0.1) is 0 Å². The summed E-state index contributed by atoms with van der Waals surface area (Å²) in [4.78, 5) is 14.1. The van der Waals surface area contributed by atoms with E-state index in [1.165, 1.54) is 5.56 Å². The molecule has 2 rings (SSSR count). The van der Waals surface area contributed by atoms with E-state index in [0.29, 0.717) is 0 Å². The molecule has 0 bridgehead atoms. The highest BCUT2D eigenvalue weighted by atomic mass is 16.2. The Kier molecular flexibility index (Phi) is 4.73. The molecule has 1 saturated heterocycles. The Bertz CT molecular complexity index is 383. The van der Waals surface area contributed by atoms with Crippen LogP contribution in [-0.4, -0.2) is 43.5 Å². The standard InChI is InChI=1S/C14H21N3O/c1-2-15-11-12-3-5-13(6-4-12)14(18)17-9-7-16-8-10-17/h3-6,15-16H,2,7-11H2,1H3. The van der Waals surface area contributed by atoms with Gasteiger partial charge in [-0.25, -0.2) is 0 Å². The maximum Gasteiger partial charge on any atom is 0.253 e. The van der Waals surface area contributed by atoms with E-state index in [4.69, 9.17) is 0 Å². The van der Waals surface area contributed by atoms with Gasteiger partial charge < -0.3 is 15.5 Å². The van der Waals surface area contributed by atoms with Crippen molar-refractivity contribution in [2.45, 2.75) is 13.5 Å². The van der Waals surface area contributed by atoms with Crippen molar-refractivity contribution in [1.29, 1.82) is 0 Å². The van der Waals surface area contributed by atoms with Gasteiger partial charge in [-0.05, 0) is 24.2 Å². The summed E-state index contributed by atoms with van der Waals surface area (Å²) in [6.45, 7) is 7.30. The lowest BCUT2D eigenvalue weighted by Gasteiger charge is -2.27. The molecule has 1 aromatic rings. The zero-order valence-electron chi connectivity index (χ0n) is 10.9. The predicted molar refractivity (Wildman–Crippen MR) is 72.6 cm³/mol. The second-order valence-electron chi connectivity index (χ2n) is 4.52. The van der Waals surface area contributed by atoms with E-state index in [-0.39, 0.29) is 5.91 Å². The molecule has 1 heterocycles. The minimum absolute atomic E-state index is 0.145. The van der Waals surface area contributed by atoms with Gasteiger partial charge in [0.25, 0.3) is 5.91 Å². The van der Waals surface area contributed by atoms with Gasteiger partial charge in [-0.1, -0.05) is 19.1 Å². The normalized spacial score (nSPS) is 15.7. The van der Waals surface area contributed by atoms with Crippen molar-refractivity contribution >= 4 is 5.91 Å². The first-order valence-electron chi connectivity index (χ1n) is 6.61. The SMILES string of the molecule is CCNCc1ccc(C(=O)N2CCNCC2)cc1. The number of benzene rings is 1. The Hall–Kier alpha value is -1.39. The zero-order valence-corrected chi connectivity index (χ0v) is 10.9. The minimum Gasteiger partial charge on any atom is -0.336 e. The lowest BCUT2D eigenvalue weighted by atomic mass is 10.1. The Balaban J connectivity index is 1.97. The van der Waals surface area contributed by atoms with Crippen LogP contribution >= 0.6 is 0 Å². The number of carbonyl (C=O) groups is 1. The fourth-order valence-corrected chi connectivity index (χ4v) is 2.09. The molecule has 4 heteroatoms. The summed E-state index contributed by atoms with van der Waals surface area (Å²) in [5.41, 5.74) is 2.01. The Morgan fingerprint density at radius 3 is 2.56 bits per heavy atom. The average molecular weight is 247 g/mol. The van der Waals surface area contributed by atoms with Crippen LogP contribution in [0.15, 0.2) is 24.3 Å². The number of hydrogen-bond acceptors (Lipinski definition) is 3. The highest BCUT2D eigenvalue weighted by Crippen LogP contribution is 2.08. The number of nitrogens with zero attached hydrogens (tertiary/aromatic N) is 1. The molecule has 0 atom stereocenters. The maximum absolute atomic E-state index is 12.2. The van der Waals surface area contributed by atoms with Gasteiger partial charge in [-0.15, -0.1) is 0 Å². The lowest BCUT2D eigenvalue weighted by molar-refractivity contribution is 0.0736. The number of piperazine rings is 1. The third-order valence-corrected chi connectivity index (χ3v) is 3.18. The largest absolute Gasteiger partial charge is 0.336 e. The molecule has 2 N–H and O–H groups in total. The van der Waals surface area contributed by atoms with Crippen LogP contribution in [0.25, 0.3) is 0 Å². The van der Waals surface area contributed by atoms with E-state index >= 15 is 0 Å². The molecule has 0 saturated carbocycles. The van der Waals surface area contributed by atoms with Gasteiger partial charge in [-0.3, -0.25) is 4.79 Å². The first-order chi connectivity index (χ1) is 8.81. The molecule has 0 spiro atoms. The third-order valence-electron chi connectivity index (χ3n) is 3.18. The minimum atomic E-state index is 0.145. The number of carbonyl (C=O) groups excluding carboxylic acids is 1. The van der Waals surface area contributed by atoms with E-state index in [0.717, 1.165) is 44.8 Å². The van der Waals surface area contributed by atoms with E-state index in [2.05, 4.69) is 17.6 Å². The highest BCUT2D eigenvalue weighted by Gasteiger charge is 2.17. The summed E-state index contributed by atoms with van der Waals surface area (Å²) in [7, 11) is 0. The highest BCUT2D eigenvalue weighted by molar-refractivity contribution is 5.94. The van der Waals surface area contributed by atoms with Crippen LogP contribution in [0.2, 0.25) is 0 Å². The second-order valence-corrected chi connectivity index (χ2v) is 4.52. The van der Waals surface area contributed by atoms with Gasteiger partial charge >= 0.3 is 0 Å². The summed E-state index contributed by atoms with van der Waals surface area (Å²) < 4.78 is 0. The molecule has 1 aliphatic heterocycles. The van der Waals surface area contributed by atoms with Crippen molar-refractivity contribution in [2.24, 2.45) is 0 Å². The van der Waals surface area contributed by atoms with Crippen LogP contribution in [0.4, 0.5) is 0 Å². The number of hydrogen-bond donors (Lipinski definition) is 2. The summed E-state index contributed by atoms with van der Waals surface area (Å²) >= 11 is 0. The third kappa shape index (κ3) is 3.31. The summed E-state index contributed by atoms with van der Waals surface area (Å²) in [6.07, 6.45) is 0. The molecule has 18 heavy (non-hydrogen) atoms. The van der Waals surface area contributed by atoms with E-state index < -0.39 is 0 Å². The second kappa shape index (κ2) is 6.52. The Morgan fingerprint density at radius 2 is 1.94 bits per heavy atom. The van der Waals surface area contributed by atoms with Gasteiger partial charge in [0, 0.05) is 38.3 Å². The van der Waals surface area contributed by atoms with Crippen molar-refractivity contribution in [3.63, 3.8) is 0 Å². The molecule has 1 aromatic carbocycles. The average Bonchev–Trinajstić information content (AvgIpc) is 2.46. The van der Waals surface area contributed by atoms with Crippen molar-refractivity contribution in [3.05, 3.63) is 35.4 Å². The summed E-state index contributed by atoms with van der Waals surface area (Å²) in [5.74, 6) is 0.145. The van der Waals surface area contributed by atoms with Crippen LogP contribution in [0.1, 0.15) is 22.8 Å². The van der Waals surface area contributed by atoms with Crippen molar-refractivity contribution < 1.29 is 4.79 Å². The van der Waals surface area contributed by atoms with Crippen molar-refractivity contribution in [3.8, 4) is 0 Å². The number of rotatable bonds is 4. The molecule has 1 fully saturated rings. The predicted octanol–water partition coefficient (Wildman–Crippen LogP) is 0.841. The molecule has 0 unspecified atom stereocenters. The van der Waals surface area contributed by atoms with Crippen LogP contribution < -0.4 is 10.6 Å². The first kappa shape index (κ1) is 13.1. The maximum atomic E-state index is 12.2. The molecule has 1 aliphatic rings. The zero-order chi connectivity index (χ0) is 12.8. The van der Waals surface area contributed by atoms with E-state index in [9.17, 15) is 4.79 Å². The molecule has 0 aliphatic carbocycles. The monoisotopic (exact) mass is 247 g/mol. The molecular weight excluding hydrogens is 226 g/mol. The van der Waals surface area contributed by atoms with Crippen LogP contribution in [0.5, 0.6) is 0 Å². The smallest absolute Gasteiger partial charge is 0.253 e. The summed E-state index contributed by atoms with van der Waals surface area (Å²) in [6, 6.07) is 7.91. The molecule has 4 nitrogen and oxygen atoms in total. The fourth-order valence-electron chi connectivity index (χ4n) is 2.09. The van der Waals surface area contributed by atoms with Crippen molar-refractivity contribution in [2.75, 3.05) is 32.7 Å². The van der Waals surface area contributed by atoms with Crippen LogP contribution in [0.3, 0.4) is 0 Å². The van der Waals surface area contributed by atoms with Gasteiger partial charge in [-0.2, -0.15) is 0 Å². The molecule has 0 radical (unpaired) electrons. The Labute approximate surface area is 108 Å². The van der Waals surface area contributed by atoms with Gasteiger partial charge in [0.2, 0.25) is 0 Å². The molecule has 1 amide bonds. The molecular formula is C14H21N3O. The van der Waals surface area contributed by atoms with Gasteiger partial charge in [0.1, 0.15) is 0 Å². The molecule has 0 aromatic heterocycles. The Morgan fingerprint density at radius 1 is 1.28 bits per heavy atom. The van der Waals surface area contributed by atoms with Crippen molar-refractivity contribution in [1.82, 2.24) is 15.5 Å².